The van der Waals surface area contributed by atoms with E-state index in [0.717, 1.165) is 25.0 Å². The highest BCUT2D eigenvalue weighted by Crippen LogP contribution is 2.18. The van der Waals surface area contributed by atoms with Crippen LogP contribution in [0.25, 0.3) is 0 Å². The summed E-state index contributed by atoms with van der Waals surface area (Å²) < 4.78 is 10.5. The maximum absolute atomic E-state index is 12.5. The molecule has 156 valence electrons. The van der Waals surface area contributed by atoms with Crippen LogP contribution in [-0.4, -0.2) is 18.5 Å². The molecule has 0 aliphatic rings. The Hall–Kier alpha value is -3.54. The van der Waals surface area contributed by atoms with Crippen LogP contribution in [0.1, 0.15) is 41.4 Å². The predicted octanol–water partition coefficient (Wildman–Crippen LogP) is 5.03. The number of furan rings is 1. The van der Waals surface area contributed by atoms with Crippen molar-refractivity contribution in [3.8, 4) is 0 Å². The number of anilines is 2. The van der Waals surface area contributed by atoms with E-state index in [1.165, 1.54) is 5.56 Å². The maximum Gasteiger partial charge on any atom is 0.340 e. The molecule has 1 aromatic heterocycles. The quantitative estimate of drug-likeness (QED) is 0.462. The lowest BCUT2D eigenvalue weighted by molar-refractivity contribution is -0.119. The van der Waals surface area contributed by atoms with Gasteiger partial charge < -0.3 is 19.8 Å². The Morgan fingerprint density at radius 3 is 2.53 bits per heavy atom. The molecule has 0 fully saturated rings. The summed E-state index contributed by atoms with van der Waals surface area (Å²) in [4.78, 5) is 24.6. The zero-order valence-electron chi connectivity index (χ0n) is 17.0. The lowest BCUT2D eigenvalue weighted by Crippen LogP contribution is -2.21. The fourth-order valence-corrected chi connectivity index (χ4v) is 2.95. The number of ether oxygens (including phenoxy) is 1. The van der Waals surface area contributed by atoms with Crippen molar-refractivity contribution in [2.24, 2.45) is 0 Å². The van der Waals surface area contributed by atoms with Gasteiger partial charge in [-0.05, 0) is 54.8 Å². The molecule has 2 aromatic carbocycles. The number of hydrogen-bond acceptors (Lipinski definition) is 5. The average Bonchev–Trinajstić information content (AvgIpc) is 3.29. The van der Waals surface area contributed by atoms with E-state index in [1.54, 1.807) is 30.5 Å². The summed E-state index contributed by atoms with van der Waals surface area (Å²) in [6.07, 6.45) is 4.90. The highest BCUT2D eigenvalue weighted by Gasteiger charge is 2.14. The second-order valence-electron chi connectivity index (χ2n) is 6.90. The summed E-state index contributed by atoms with van der Waals surface area (Å²) in [5.74, 6) is -0.202. The molecule has 3 aromatic rings. The number of rotatable bonds is 10. The summed E-state index contributed by atoms with van der Waals surface area (Å²) in [5.41, 5.74) is 2.89. The summed E-state index contributed by atoms with van der Waals surface area (Å²) in [6, 6.07) is 18.4. The first-order valence-electron chi connectivity index (χ1n) is 10.1. The number of amides is 1. The lowest BCUT2D eigenvalue weighted by atomic mass is 10.1. The van der Waals surface area contributed by atoms with Gasteiger partial charge in [0, 0.05) is 11.4 Å². The smallest absolute Gasteiger partial charge is 0.340 e. The number of para-hydroxylation sites is 1. The van der Waals surface area contributed by atoms with Crippen molar-refractivity contribution >= 4 is 23.3 Å². The Balaban J connectivity index is 1.50. The average molecular weight is 406 g/mol. The molecule has 6 nitrogen and oxygen atoms in total. The van der Waals surface area contributed by atoms with Crippen molar-refractivity contribution in [1.82, 2.24) is 0 Å². The minimum atomic E-state index is -0.567. The fraction of sp³-hybridized carbons (Fsp3) is 0.250. The van der Waals surface area contributed by atoms with Crippen molar-refractivity contribution in [2.75, 3.05) is 17.2 Å². The second kappa shape index (κ2) is 10.9. The number of unbranched alkanes of at least 4 members (excludes halogenated alkanes) is 1. The van der Waals surface area contributed by atoms with Crippen molar-refractivity contribution in [2.45, 2.75) is 32.7 Å². The first kappa shape index (κ1) is 21.2. The molecule has 0 saturated carbocycles. The molecule has 0 saturated heterocycles. The standard InChI is InChI=1S/C24H26N2O4/c1-2-3-7-18-11-13-19(14-12-18)26-23(27)17-30-24(28)21-9-4-5-10-22(21)25-16-20-8-6-15-29-20/h4-6,8-15,25H,2-3,7,16-17H2,1H3,(H,26,27). The Morgan fingerprint density at radius 1 is 1.00 bits per heavy atom. The lowest BCUT2D eigenvalue weighted by Gasteiger charge is -2.11. The van der Waals surface area contributed by atoms with E-state index in [0.29, 0.717) is 23.5 Å². The molecule has 2 N–H and O–H groups in total. The van der Waals surface area contributed by atoms with Gasteiger partial charge in [0.15, 0.2) is 6.61 Å². The van der Waals surface area contributed by atoms with Crippen molar-refractivity contribution < 1.29 is 18.7 Å². The first-order chi connectivity index (χ1) is 14.7. The molecule has 0 bridgehead atoms. The van der Waals surface area contributed by atoms with Gasteiger partial charge in [-0.15, -0.1) is 0 Å². The second-order valence-corrected chi connectivity index (χ2v) is 6.90. The number of carbonyl (C=O) groups is 2. The predicted molar refractivity (Wildman–Crippen MR) is 116 cm³/mol. The Kier molecular flexibility index (Phi) is 7.66. The van der Waals surface area contributed by atoms with Gasteiger partial charge in [0.1, 0.15) is 5.76 Å². The third-order valence-corrected chi connectivity index (χ3v) is 4.57. The number of benzene rings is 2. The summed E-state index contributed by atoms with van der Waals surface area (Å²) in [6.45, 7) is 2.23. The van der Waals surface area contributed by atoms with Gasteiger partial charge in [0.2, 0.25) is 0 Å². The number of esters is 1. The fourth-order valence-electron chi connectivity index (χ4n) is 2.95. The van der Waals surface area contributed by atoms with E-state index in [9.17, 15) is 9.59 Å². The molecule has 0 radical (unpaired) electrons. The van der Waals surface area contributed by atoms with E-state index < -0.39 is 5.97 Å². The zero-order chi connectivity index (χ0) is 21.2. The maximum atomic E-state index is 12.5. The van der Waals surface area contributed by atoms with Crippen LogP contribution in [0.2, 0.25) is 0 Å². The molecular formula is C24H26N2O4. The highest BCUT2D eigenvalue weighted by atomic mass is 16.5. The molecule has 1 amide bonds. The zero-order valence-corrected chi connectivity index (χ0v) is 17.0. The molecule has 6 heteroatoms. The Labute approximate surface area is 176 Å². The molecule has 1 heterocycles. The van der Waals surface area contributed by atoms with Crippen molar-refractivity contribution in [1.29, 1.82) is 0 Å². The molecular weight excluding hydrogens is 380 g/mol. The van der Waals surface area contributed by atoms with E-state index in [2.05, 4.69) is 17.6 Å². The van der Waals surface area contributed by atoms with Gasteiger partial charge in [0.05, 0.1) is 18.4 Å². The molecule has 0 spiro atoms. The van der Waals surface area contributed by atoms with Gasteiger partial charge in [-0.3, -0.25) is 4.79 Å². The Morgan fingerprint density at radius 2 is 1.80 bits per heavy atom. The number of aryl methyl sites for hydroxylation is 1. The SMILES string of the molecule is CCCCc1ccc(NC(=O)COC(=O)c2ccccc2NCc2ccco2)cc1. The van der Waals surface area contributed by atoms with Crippen LogP contribution in [-0.2, 0) is 22.5 Å². The molecule has 30 heavy (non-hydrogen) atoms. The van der Waals surface area contributed by atoms with E-state index in [-0.39, 0.29) is 12.5 Å². The van der Waals surface area contributed by atoms with Crippen molar-refractivity contribution in [3.63, 3.8) is 0 Å². The van der Waals surface area contributed by atoms with Gasteiger partial charge >= 0.3 is 5.97 Å². The highest BCUT2D eigenvalue weighted by molar-refractivity contribution is 5.98. The molecule has 3 rings (SSSR count). The van der Waals surface area contributed by atoms with Gasteiger partial charge in [-0.1, -0.05) is 37.6 Å². The third-order valence-electron chi connectivity index (χ3n) is 4.57. The number of nitrogens with one attached hydrogen (secondary N) is 2. The van der Waals surface area contributed by atoms with E-state index in [4.69, 9.17) is 9.15 Å². The number of hydrogen-bond donors (Lipinski definition) is 2. The minimum Gasteiger partial charge on any atom is -0.467 e. The molecule has 0 aliphatic carbocycles. The topological polar surface area (TPSA) is 80.6 Å². The van der Waals surface area contributed by atoms with Crippen LogP contribution in [0, 0.1) is 0 Å². The van der Waals surface area contributed by atoms with Crippen LogP contribution in [0.3, 0.4) is 0 Å². The van der Waals surface area contributed by atoms with E-state index in [1.807, 2.05) is 36.4 Å². The van der Waals surface area contributed by atoms with Crippen molar-refractivity contribution in [3.05, 3.63) is 83.8 Å². The molecule has 0 unspecified atom stereocenters. The summed E-state index contributed by atoms with van der Waals surface area (Å²) in [5, 5.41) is 5.89. The third kappa shape index (κ3) is 6.24. The Bertz CT molecular complexity index is 950. The minimum absolute atomic E-state index is 0.358. The largest absolute Gasteiger partial charge is 0.467 e. The van der Waals surface area contributed by atoms with E-state index >= 15 is 0 Å². The monoisotopic (exact) mass is 406 g/mol. The molecule has 0 atom stereocenters. The number of carbonyl (C=O) groups excluding carboxylic acids is 2. The first-order valence-corrected chi connectivity index (χ1v) is 10.1. The van der Waals surface area contributed by atoms with Crippen LogP contribution >= 0.6 is 0 Å². The van der Waals surface area contributed by atoms with Gasteiger partial charge in [-0.25, -0.2) is 4.79 Å². The molecule has 0 aliphatic heterocycles. The van der Waals surface area contributed by atoms with Gasteiger partial charge in [0.25, 0.3) is 5.91 Å². The summed E-state index contributed by atoms with van der Waals surface area (Å²) in [7, 11) is 0. The van der Waals surface area contributed by atoms with Crippen LogP contribution in [0.4, 0.5) is 11.4 Å². The van der Waals surface area contributed by atoms with Crippen LogP contribution in [0.5, 0.6) is 0 Å². The van der Waals surface area contributed by atoms with Crippen LogP contribution in [0.15, 0.2) is 71.3 Å². The van der Waals surface area contributed by atoms with Gasteiger partial charge in [-0.2, -0.15) is 0 Å². The van der Waals surface area contributed by atoms with Crippen LogP contribution < -0.4 is 10.6 Å². The normalized spacial score (nSPS) is 10.4. The summed E-state index contributed by atoms with van der Waals surface area (Å²) >= 11 is 0.